The standard InChI is InChI=1S/C14H26N2O2/c1-13(2,3)18-12(17)16-11(9-15)14-6-4-10(8-14)5-7-14/h10-11H,4-9,15H2,1-3H3,(H,16,17). The molecule has 0 aromatic heterocycles. The molecular formula is C14H26N2O2. The Kier molecular flexibility index (Phi) is 3.58. The summed E-state index contributed by atoms with van der Waals surface area (Å²) in [4.78, 5) is 11.9. The molecule has 1 atom stereocenters. The van der Waals surface area contributed by atoms with Gasteiger partial charge in [-0.3, -0.25) is 0 Å². The van der Waals surface area contributed by atoms with Gasteiger partial charge in [0, 0.05) is 6.54 Å². The van der Waals surface area contributed by atoms with Gasteiger partial charge in [-0.05, 0) is 64.2 Å². The van der Waals surface area contributed by atoms with Gasteiger partial charge in [-0.2, -0.15) is 0 Å². The highest BCUT2D eigenvalue weighted by atomic mass is 16.6. The van der Waals surface area contributed by atoms with Crippen LogP contribution in [0.2, 0.25) is 0 Å². The molecule has 4 heteroatoms. The molecule has 2 bridgehead atoms. The average molecular weight is 254 g/mol. The molecule has 0 spiro atoms. The van der Waals surface area contributed by atoms with Crippen LogP contribution in [0, 0.1) is 11.3 Å². The van der Waals surface area contributed by atoms with E-state index in [-0.39, 0.29) is 17.6 Å². The largest absolute Gasteiger partial charge is 0.444 e. The first kappa shape index (κ1) is 13.7. The van der Waals surface area contributed by atoms with Crippen molar-refractivity contribution in [1.82, 2.24) is 5.32 Å². The van der Waals surface area contributed by atoms with Crippen molar-refractivity contribution in [1.29, 1.82) is 0 Å². The Labute approximate surface area is 110 Å². The lowest BCUT2D eigenvalue weighted by Crippen LogP contribution is -2.51. The normalized spacial score (nSPS) is 32.3. The lowest BCUT2D eigenvalue weighted by atomic mass is 9.77. The summed E-state index contributed by atoms with van der Waals surface area (Å²) in [7, 11) is 0. The van der Waals surface area contributed by atoms with Crippen LogP contribution in [0.25, 0.3) is 0 Å². The second-order valence-corrected chi connectivity index (χ2v) is 6.94. The third-order valence-electron chi connectivity index (χ3n) is 4.46. The molecule has 0 heterocycles. The number of ether oxygens (including phenoxy) is 1. The van der Waals surface area contributed by atoms with E-state index in [1.54, 1.807) is 0 Å². The van der Waals surface area contributed by atoms with Gasteiger partial charge in [0.25, 0.3) is 0 Å². The van der Waals surface area contributed by atoms with E-state index in [4.69, 9.17) is 10.5 Å². The summed E-state index contributed by atoms with van der Waals surface area (Å²) < 4.78 is 5.33. The van der Waals surface area contributed by atoms with Crippen LogP contribution in [-0.4, -0.2) is 24.3 Å². The summed E-state index contributed by atoms with van der Waals surface area (Å²) in [5.41, 5.74) is 5.67. The molecular weight excluding hydrogens is 228 g/mol. The Hall–Kier alpha value is -0.770. The molecule has 0 saturated heterocycles. The van der Waals surface area contributed by atoms with E-state index in [9.17, 15) is 4.79 Å². The van der Waals surface area contributed by atoms with Crippen LogP contribution in [0.3, 0.4) is 0 Å². The number of hydrogen-bond acceptors (Lipinski definition) is 3. The number of amides is 1. The smallest absolute Gasteiger partial charge is 0.407 e. The molecule has 2 fully saturated rings. The molecule has 4 nitrogen and oxygen atoms in total. The van der Waals surface area contributed by atoms with Crippen LogP contribution in [-0.2, 0) is 4.74 Å². The number of nitrogens with one attached hydrogen (secondary N) is 1. The maximum absolute atomic E-state index is 11.9. The number of carbonyl (C=O) groups is 1. The maximum Gasteiger partial charge on any atom is 0.407 e. The van der Waals surface area contributed by atoms with Crippen LogP contribution in [0.1, 0.15) is 52.9 Å². The van der Waals surface area contributed by atoms with Gasteiger partial charge >= 0.3 is 6.09 Å². The highest BCUT2D eigenvalue weighted by Crippen LogP contribution is 2.55. The highest BCUT2D eigenvalue weighted by molar-refractivity contribution is 5.68. The average Bonchev–Trinajstić information content (AvgIpc) is 2.84. The molecule has 2 rings (SSSR count). The SMILES string of the molecule is CC(C)(C)OC(=O)NC(CN)C12CCC(CC1)C2. The lowest BCUT2D eigenvalue weighted by Gasteiger charge is -2.36. The van der Waals surface area contributed by atoms with E-state index in [1.165, 1.54) is 32.1 Å². The van der Waals surface area contributed by atoms with Gasteiger partial charge in [0.15, 0.2) is 0 Å². The predicted octanol–water partition coefficient (Wildman–Crippen LogP) is 2.42. The summed E-state index contributed by atoms with van der Waals surface area (Å²) in [6.07, 6.45) is 5.90. The second-order valence-electron chi connectivity index (χ2n) is 6.94. The fourth-order valence-corrected chi connectivity index (χ4v) is 3.64. The first-order valence-corrected chi connectivity index (χ1v) is 7.04. The van der Waals surface area contributed by atoms with Crippen molar-refractivity contribution < 1.29 is 9.53 Å². The van der Waals surface area contributed by atoms with E-state index in [0.29, 0.717) is 6.54 Å². The number of alkyl carbamates (subject to hydrolysis) is 1. The molecule has 2 saturated carbocycles. The lowest BCUT2D eigenvalue weighted by molar-refractivity contribution is 0.0447. The Balaban J connectivity index is 1.95. The van der Waals surface area contributed by atoms with Gasteiger partial charge in [0.05, 0.1) is 6.04 Å². The molecule has 2 aliphatic rings. The van der Waals surface area contributed by atoms with Gasteiger partial charge in [0.1, 0.15) is 5.60 Å². The van der Waals surface area contributed by atoms with Crippen molar-refractivity contribution in [3.8, 4) is 0 Å². The van der Waals surface area contributed by atoms with Crippen molar-refractivity contribution in [3.05, 3.63) is 0 Å². The van der Waals surface area contributed by atoms with Crippen LogP contribution in [0.4, 0.5) is 4.79 Å². The molecule has 1 amide bonds. The molecule has 0 aliphatic heterocycles. The summed E-state index contributed by atoms with van der Waals surface area (Å²) in [6, 6.07) is 0.0693. The van der Waals surface area contributed by atoms with Crippen molar-refractivity contribution in [2.45, 2.75) is 64.5 Å². The van der Waals surface area contributed by atoms with Crippen molar-refractivity contribution in [2.24, 2.45) is 17.1 Å². The molecule has 3 N–H and O–H groups in total. The van der Waals surface area contributed by atoms with Crippen molar-refractivity contribution in [3.63, 3.8) is 0 Å². The number of carbonyl (C=O) groups excluding carboxylic acids is 1. The van der Waals surface area contributed by atoms with Crippen LogP contribution in [0.5, 0.6) is 0 Å². The zero-order valence-corrected chi connectivity index (χ0v) is 11.8. The Morgan fingerprint density at radius 1 is 1.44 bits per heavy atom. The van der Waals surface area contributed by atoms with E-state index in [2.05, 4.69) is 5.32 Å². The minimum atomic E-state index is -0.450. The number of hydrogen-bond donors (Lipinski definition) is 2. The van der Waals surface area contributed by atoms with Crippen LogP contribution >= 0.6 is 0 Å². The minimum absolute atomic E-state index is 0.0693. The molecule has 1 unspecified atom stereocenters. The van der Waals surface area contributed by atoms with Gasteiger partial charge in [0.2, 0.25) is 0 Å². The Morgan fingerprint density at radius 2 is 2.06 bits per heavy atom. The monoisotopic (exact) mass is 254 g/mol. The Bertz CT molecular complexity index is 314. The second kappa shape index (κ2) is 4.72. The fraction of sp³-hybridized carbons (Fsp3) is 0.929. The van der Waals surface area contributed by atoms with Crippen LogP contribution in [0.15, 0.2) is 0 Å². The van der Waals surface area contributed by atoms with Crippen molar-refractivity contribution >= 4 is 6.09 Å². The summed E-state index contributed by atoms with van der Waals surface area (Å²) >= 11 is 0. The van der Waals surface area contributed by atoms with Crippen LogP contribution < -0.4 is 11.1 Å². The predicted molar refractivity (Wildman–Crippen MR) is 71.2 cm³/mol. The third-order valence-corrected chi connectivity index (χ3v) is 4.46. The number of fused-ring (bicyclic) bond motifs is 2. The topological polar surface area (TPSA) is 64.3 Å². The summed E-state index contributed by atoms with van der Waals surface area (Å²) in [6.45, 7) is 6.14. The molecule has 18 heavy (non-hydrogen) atoms. The zero-order valence-electron chi connectivity index (χ0n) is 11.8. The van der Waals surface area contributed by atoms with Gasteiger partial charge in [-0.25, -0.2) is 4.79 Å². The maximum atomic E-state index is 11.9. The van der Waals surface area contributed by atoms with E-state index >= 15 is 0 Å². The third kappa shape index (κ3) is 2.79. The van der Waals surface area contributed by atoms with Gasteiger partial charge in [-0.15, -0.1) is 0 Å². The first-order valence-electron chi connectivity index (χ1n) is 7.04. The molecule has 2 aliphatic carbocycles. The van der Waals surface area contributed by atoms with Crippen molar-refractivity contribution in [2.75, 3.05) is 6.54 Å². The quantitative estimate of drug-likeness (QED) is 0.813. The zero-order chi connectivity index (χ0) is 13.4. The Morgan fingerprint density at radius 3 is 2.44 bits per heavy atom. The summed E-state index contributed by atoms with van der Waals surface area (Å²) in [5.74, 6) is 0.861. The van der Waals surface area contributed by atoms with Gasteiger partial charge < -0.3 is 15.8 Å². The highest BCUT2D eigenvalue weighted by Gasteiger charge is 2.49. The number of nitrogens with two attached hydrogens (primary N) is 1. The van der Waals surface area contributed by atoms with E-state index < -0.39 is 5.60 Å². The first-order chi connectivity index (χ1) is 8.35. The van der Waals surface area contributed by atoms with Gasteiger partial charge in [-0.1, -0.05) is 0 Å². The molecule has 0 aromatic carbocycles. The fourth-order valence-electron chi connectivity index (χ4n) is 3.64. The molecule has 0 radical (unpaired) electrons. The van der Waals surface area contributed by atoms with E-state index in [1.807, 2.05) is 20.8 Å². The number of rotatable bonds is 3. The molecule has 0 aromatic rings. The summed E-state index contributed by atoms with van der Waals surface area (Å²) in [5, 5.41) is 3.00. The minimum Gasteiger partial charge on any atom is -0.444 e. The van der Waals surface area contributed by atoms with E-state index in [0.717, 1.165) is 5.92 Å². The molecule has 104 valence electrons.